The van der Waals surface area contributed by atoms with Crippen LogP contribution in [0.3, 0.4) is 0 Å². The summed E-state index contributed by atoms with van der Waals surface area (Å²) in [6, 6.07) is 17.3. The van der Waals surface area contributed by atoms with E-state index in [1.54, 1.807) is 6.07 Å². The largest absolute Gasteiger partial charge is 0.508 e. The second-order valence-electron chi connectivity index (χ2n) is 11.3. The second kappa shape index (κ2) is 12.3. The van der Waals surface area contributed by atoms with Crippen molar-refractivity contribution in [2.45, 2.75) is 88.4 Å². The summed E-state index contributed by atoms with van der Waals surface area (Å²) in [5.74, 6) is 0.342. The van der Waals surface area contributed by atoms with Crippen molar-refractivity contribution in [2.24, 2.45) is 0 Å². The van der Waals surface area contributed by atoms with Crippen LogP contribution in [0.4, 0.5) is 0 Å². The van der Waals surface area contributed by atoms with Crippen molar-refractivity contribution < 1.29 is 9.90 Å². The smallest absolute Gasteiger partial charge is 0.251 e. The molecule has 5 heteroatoms. The summed E-state index contributed by atoms with van der Waals surface area (Å²) in [7, 11) is 0. The van der Waals surface area contributed by atoms with Crippen molar-refractivity contribution in [3.05, 3.63) is 77.9 Å². The number of nitrogens with zero attached hydrogens (tertiary/aromatic N) is 2. The SMILES string of the molecule is C=CCN1CCC2CCCC(C1)N2C(c1ccc(C(=O)NC2CCCCCC2)cc1)c1cccc(O)c1. The molecule has 2 aromatic rings. The van der Waals surface area contributed by atoms with Gasteiger partial charge in [-0.2, -0.15) is 0 Å². The minimum atomic E-state index is 0.0408. The lowest BCUT2D eigenvalue weighted by Gasteiger charge is -2.46. The van der Waals surface area contributed by atoms with Crippen LogP contribution in [0.5, 0.6) is 5.75 Å². The first-order valence-corrected chi connectivity index (χ1v) is 14.4. The number of aromatic hydroxyl groups is 1. The van der Waals surface area contributed by atoms with Crippen molar-refractivity contribution in [3.8, 4) is 5.75 Å². The number of fused-ring (bicyclic) bond motifs is 2. The molecule has 0 spiro atoms. The number of amides is 1. The lowest BCUT2D eigenvalue weighted by Crippen LogP contribution is -2.50. The molecular formula is C32H43N3O2. The summed E-state index contributed by atoms with van der Waals surface area (Å²) in [5.41, 5.74) is 3.03. The van der Waals surface area contributed by atoms with Gasteiger partial charge in [-0.25, -0.2) is 0 Å². The maximum Gasteiger partial charge on any atom is 0.251 e. The van der Waals surface area contributed by atoms with E-state index in [1.807, 2.05) is 30.3 Å². The van der Waals surface area contributed by atoms with Gasteiger partial charge in [0.1, 0.15) is 5.75 Å². The standard InChI is InChI=1S/C32H43N3O2/c1-2-20-34-21-19-28-12-8-13-29(23-34)35(28)31(26-9-7-14-30(36)22-26)24-15-17-25(18-16-24)32(37)33-27-10-5-3-4-6-11-27/h2,7,9,14-18,22,27-29,31,36H,1,3-6,8,10-13,19-21,23H2,(H,33,37). The zero-order valence-electron chi connectivity index (χ0n) is 22.2. The lowest BCUT2D eigenvalue weighted by atomic mass is 9.87. The van der Waals surface area contributed by atoms with Crippen LogP contribution in [0.25, 0.3) is 0 Å². The van der Waals surface area contributed by atoms with Gasteiger partial charge in [0.15, 0.2) is 0 Å². The number of nitrogens with one attached hydrogen (secondary N) is 1. The Bertz CT molecular complexity index is 1040. The zero-order chi connectivity index (χ0) is 25.6. The molecule has 37 heavy (non-hydrogen) atoms. The minimum Gasteiger partial charge on any atom is -0.508 e. The number of phenolic OH excluding ortho intramolecular Hbond substituents is 1. The topological polar surface area (TPSA) is 55.8 Å². The quantitative estimate of drug-likeness (QED) is 0.358. The monoisotopic (exact) mass is 501 g/mol. The van der Waals surface area contributed by atoms with E-state index in [0.717, 1.165) is 50.0 Å². The van der Waals surface area contributed by atoms with Crippen LogP contribution < -0.4 is 5.32 Å². The third kappa shape index (κ3) is 6.27. The summed E-state index contributed by atoms with van der Waals surface area (Å²) < 4.78 is 0. The molecule has 1 saturated carbocycles. The second-order valence-corrected chi connectivity index (χ2v) is 11.3. The number of rotatable bonds is 7. The minimum absolute atomic E-state index is 0.0408. The van der Waals surface area contributed by atoms with E-state index in [4.69, 9.17) is 0 Å². The molecule has 2 aliphatic heterocycles. The third-order valence-electron chi connectivity index (χ3n) is 8.72. The number of phenols is 1. The van der Waals surface area contributed by atoms with Gasteiger partial charge in [-0.3, -0.25) is 14.6 Å². The first kappa shape index (κ1) is 26.0. The van der Waals surface area contributed by atoms with Crippen LogP contribution in [0.2, 0.25) is 0 Å². The number of hydrogen-bond acceptors (Lipinski definition) is 4. The third-order valence-corrected chi connectivity index (χ3v) is 8.72. The van der Waals surface area contributed by atoms with E-state index in [1.165, 1.54) is 50.5 Å². The fourth-order valence-corrected chi connectivity index (χ4v) is 6.90. The average Bonchev–Trinajstić information content (AvgIpc) is 3.21. The van der Waals surface area contributed by atoms with Gasteiger partial charge in [-0.05, 0) is 67.5 Å². The molecular weight excluding hydrogens is 458 g/mol. The van der Waals surface area contributed by atoms with Crippen molar-refractivity contribution in [1.29, 1.82) is 0 Å². The summed E-state index contributed by atoms with van der Waals surface area (Å²) in [4.78, 5) is 18.3. The van der Waals surface area contributed by atoms with Crippen LogP contribution in [0.1, 0.15) is 91.7 Å². The molecule has 2 aromatic carbocycles. The van der Waals surface area contributed by atoms with E-state index >= 15 is 0 Å². The molecule has 0 radical (unpaired) electrons. The van der Waals surface area contributed by atoms with Crippen LogP contribution in [-0.2, 0) is 0 Å². The molecule has 3 atom stereocenters. The summed E-state index contributed by atoms with van der Waals surface area (Å²) in [6.07, 6.45) is 14.0. The molecule has 2 bridgehead atoms. The van der Waals surface area contributed by atoms with Gasteiger partial charge in [0, 0.05) is 43.3 Å². The molecule has 5 nitrogen and oxygen atoms in total. The van der Waals surface area contributed by atoms with E-state index in [0.29, 0.717) is 23.9 Å². The number of carbonyl (C=O) groups excluding carboxylic acids is 1. The van der Waals surface area contributed by atoms with E-state index < -0.39 is 0 Å². The van der Waals surface area contributed by atoms with Gasteiger partial charge in [0.05, 0.1) is 6.04 Å². The molecule has 198 valence electrons. The van der Waals surface area contributed by atoms with Gasteiger partial charge in [-0.15, -0.1) is 6.58 Å². The Morgan fingerprint density at radius 2 is 1.70 bits per heavy atom. The molecule has 0 aromatic heterocycles. The first-order chi connectivity index (χ1) is 18.1. The number of benzene rings is 2. The highest BCUT2D eigenvalue weighted by atomic mass is 16.3. The number of carbonyl (C=O) groups is 1. The maximum atomic E-state index is 13.1. The predicted octanol–water partition coefficient (Wildman–Crippen LogP) is 6.05. The lowest BCUT2D eigenvalue weighted by molar-refractivity contribution is 0.0562. The highest BCUT2D eigenvalue weighted by Gasteiger charge is 2.39. The van der Waals surface area contributed by atoms with Crippen molar-refractivity contribution in [2.75, 3.05) is 19.6 Å². The normalized spacial score (nSPS) is 24.5. The molecule has 2 saturated heterocycles. The van der Waals surface area contributed by atoms with Gasteiger partial charge in [-0.1, -0.05) is 62.4 Å². The van der Waals surface area contributed by atoms with Gasteiger partial charge < -0.3 is 10.4 Å². The zero-order valence-corrected chi connectivity index (χ0v) is 22.2. The number of piperidine rings is 1. The Morgan fingerprint density at radius 3 is 2.43 bits per heavy atom. The Balaban J connectivity index is 1.42. The molecule has 5 rings (SSSR count). The average molecular weight is 502 g/mol. The summed E-state index contributed by atoms with van der Waals surface area (Å²) in [6.45, 7) is 7.04. The molecule has 1 amide bonds. The Morgan fingerprint density at radius 1 is 0.946 bits per heavy atom. The van der Waals surface area contributed by atoms with Crippen LogP contribution >= 0.6 is 0 Å². The highest BCUT2D eigenvalue weighted by Crippen LogP contribution is 2.40. The first-order valence-electron chi connectivity index (χ1n) is 14.4. The fraction of sp³-hybridized carbons (Fsp3) is 0.531. The Hall–Kier alpha value is -2.63. The van der Waals surface area contributed by atoms with Gasteiger partial charge in [0.2, 0.25) is 0 Å². The van der Waals surface area contributed by atoms with Crippen molar-refractivity contribution in [1.82, 2.24) is 15.1 Å². The fourth-order valence-electron chi connectivity index (χ4n) is 6.90. The highest BCUT2D eigenvalue weighted by molar-refractivity contribution is 5.94. The van der Waals surface area contributed by atoms with Gasteiger partial charge >= 0.3 is 0 Å². The Kier molecular flexibility index (Phi) is 8.62. The summed E-state index contributed by atoms with van der Waals surface area (Å²) >= 11 is 0. The van der Waals surface area contributed by atoms with E-state index in [9.17, 15) is 9.90 Å². The van der Waals surface area contributed by atoms with Crippen molar-refractivity contribution in [3.63, 3.8) is 0 Å². The summed E-state index contributed by atoms with van der Waals surface area (Å²) in [5, 5.41) is 13.7. The van der Waals surface area contributed by atoms with Crippen LogP contribution in [-0.4, -0.2) is 58.6 Å². The molecule has 3 unspecified atom stereocenters. The predicted molar refractivity (Wildman–Crippen MR) is 150 cm³/mol. The molecule has 3 aliphatic rings. The number of hydrogen-bond donors (Lipinski definition) is 2. The molecule has 2 heterocycles. The van der Waals surface area contributed by atoms with Crippen LogP contribution in [0.15, 0.2) is 61.2 Å². The Labute approximate surface area is 222 Å². The van der Waals surface area contributed by atoms with E-state index in [2.05, 4.69) is 39.9 Å². The molecule has 1 aliphatic carbocycles. The van der Waals surface area contributed by atoms with Gasteiger partial charge in [0.25, 0.3) is 5.91 Å². The molecule has 3 fully saturated rings. The van der Waals surface area contributed by atoms with Crippen LogP contribution in [0, 0.1) is 0 Å². The molecule has 2 N–H and O–H groups in total. The maximum absolute atomic E-state index is 13.1. The van der Waals surface area contributed by atoms with Crippen molar-refractivity contribution >= 4 is 5.91 Å². The van der Waals surface area contributed by atoms with E-state index in [-0.39, 0.29) is 11.9 Å².